The van der Waals surface area contributed by atoms with E-state index in [-0.39, 0.29) is 23.2 Å². The van der Waals surface area contributed by atoms with Gasteiger partial charge >= 0.3 is 4.87 Å². The van der Waals surface area contributed by atoms with Gasteiger partial charge in [0.15, 0.2) is 0 Å². The van der Waals surface area contributed by atoms with Gasteiger partial charge in [-0.2, -0.15) is 0 Å². The van der Waals surface area contributed by atoms with E-state index in [4.69, 9.17) is 16.3 Å². The molecular weight excluding hydrogens is 386 g/mol. The molecule has 0 saturated carbocycles. The first-order chi connectivity index (χ1) is 13.1. The number of thiazole rings is 1. The van der Waals surface area contributed by atoms with Crippen molar-refractivity contribution in [2.24, 2.45) is 0 Å². The number of amides is 1. The molecular formula is C19H24ClN3O3S. The Morgan fingerprint density at radius 3 is 2.74 bits per heavy atom. The minimum atomic E-state index is -0.0715. The summed E-state index contributed by atoms with van der Waals surface area (Å²) in [6, 6.07) is 7.74. The fourth-order valence-electron chi connectivity index (χ4n) is 3.26. The molecule has 1 aromatic carbocycles. The third-order valence-electron chi connectivity index (χ3n) is 4.78. The molecule has 0 radical (unpaired) electrons. The summed E-state index contributed by atoms with van der Waals surface area (Å²) in [5.41, 5.74) is 1.89. The molecule has 0 spiro atoms. The summed E-state index contributed by atoms with van der Waals surface area (Å²) in [7, 11) is 0. The molecule has 1 N–H and O–H groups in total. The number of carbonyl (C=O) groups excluding carboxylic acids is 1. The van der Waals surface area contributed by atoms with Crippen LogP contribution >= 0.6 is 22.9 Å². The van der Waals surface area contributed by atoms with Crippen molar-refractivity contribution >= 4 is 28.8 Å². The lowest BCUT2D eigenvalue weighted by atomic mass is 10.0. The highest BCUT2D eigenvalue weighted by molar-refractivity contribution is 7.07. The van der Waals surface area contributed by atoms with Crippen LogP contribution in [0.2, 0.25) is 5.02 Å². The Hall–Kier alpha value is -1.67. The first-order valence-electron chi connectivity index (χ1n) is 9.04. The van der Waals surface area contributed by atoms with Crippen molar-refractivity contribution in [3.8, 4) is 0 Å². The maximum atomic E-state index is 12.4. The fraction of sp³-hybridized carbons (Fsp3) is 0.474. The molecule has 27 heavy (non-hydrogen) atoms. The van der Waals surface area contributed by atoms with E-state index in [0.29, 0.717) is 31.3 Å². The van der Waals surface area contributed by atoms with Gasteiger partial charge < -0.3 is 14.6 Å². The van der Waals surface area contributed by atoms with E-state index in [2.05, 4.69) is 10.2 Å². The average Bonchev–Trinajstić information content (AvgIpc) is 3.00. The zero-order valence-electron chi connectivity index (χ0n) is 15.3. The van der Waals surface area contributed by atoms with Crippen molar-refractivity contribution in [2.75, 3.05) is 32.8 Å². The van der Waals surface area contributed by atoms with E-state index < -0.39 is 0 Å². The average molecular weight is 410 g/mol. The molecule has 1 fully saturated rings. The number of aryl methyl sites for hydroxylation is 1. The molecule has 2 aromatic rings. The highest BCUT2D eigenvalue weighted by atomic mass is 35.5. The molecule has 1 aromatic heterocycles. The Bertz CT molecular complexity index is 830. The number of morpholine rings is 1. The van der Waals surface area contributed by atoms with Crippen LogP contribution in [0.15, 0.2) is 34.4 Å². The van der Waals surface area contributed by atoms with Crippen LogP contribution in [0.5, 0.6) is 0 Å². The van der Waals surface area contributed by atoms with Crippen LogP contribution in [-0.2, 0) is 16.1 Å². The minimum absolute atomic E-state index is 0.00263. The predicted octanol–water partition coefficient (Wildman–Crippen LogP) is 2.45. The van der Waals surface area contributed by atoms with Crippen molar-refractivity contribution in [3.63, 3.8) is 0 Å². The summed E-state index contributed by atoms with van der Waals surface area (Å²) in [6.45, 7) is 5.70. The summed E-state index contributed by atoms with van der Waals surface area (Å²) in [5, 5.41) is 5.52. The van der Waals surface area contributed by atoms with Gasteiger partial charge in [0, 0.05) is 48.7 Å². The van der Waals surface area contributed by atoms with Crippen LogP contribution in [0, 0.1) is 6.92 Å². The van der Waals surface area contributed by atoms with E-state index >= 15 is 0 Å². The molecule has 1 atom stereocenters. The standard InChI is InChI=1S/C19H24ClN3O3S/c1-14-13-27-19(25)23(14)7-6-18(24)21-12-17(22-8-10-26-11-9-22)15-4-2-3-5-16(15)20/h2-5,13,17H,6-12H2,1H3,(H,21,24). The normalized spacial score (nSPS) is 16.2. The van der Waals surface area contributed by atoms with Gasteiger partial charge in [0.2, 0.25) is 5.91 Å². The molecule has 1 saturated heterocycles. The lowest BCUT2D eigenvalue weighted by molar-refractivity contribution is -0.121. The largest absolute Gasteiger partial charge is 0.379 e. The Morgan fingerprint density at radius 1 is 1.33 bits per heavy atom. The summed E-state index contributed by atoms with van der Waals surface area (Å²) in [5.74, 6) is -0.0715. The van der Waals surface area contributed by atoms with E-state index in [1.807, 2.05) is 36.6 Å². The first kappa shape index (κ1) is 20.1. The minimum Gasteiger partial charge on any atom is -0.379 e. The predicted molar refractivity (Wildman–Crippen MR) is 108 cm³/mol. The van der Waals surface area contributed by atoms with Crippen LogP contribution < -0.4 is 10.2 Å². The second kappa shape index (κ2) is 9.50. The third-order valence-corrected chi connectivity index (χ3v) is 6.01. The number of hydrogen-bond donors (Lipinski definition) is 1. The maximum absolute atomic E-state index is 12.4. The lowest BCUT2D eigenvalue weighted by Crippen LogP contribution is -2.44. The third kappa shape index (κ3) is 5.19. The Morgan fingerprint density at radius 2 is 2.07 bits per heavy atom. The van der Waals surface area contributed by atoms with Crippen molar-refractivity contribution in [1.82, 2.24) is 14.8 Å². The van der Waals surface area contributed by atoms with Crippen LogP contribution in [0.25, 0.3) is 0 Å². The van der Waals surface area contributed by atoms with Crippen LogP contribution in [0.4, 0.5) is 0 Å². The first-order valence-corrected chi connectivity index (χ1v) is 10.3. The monoisotopic (exact) mass is 409 g/mol. The summed E-state index contributed by atoms with van der Waals surface area (Å²) in [4.78, 5) is 26.4. The van der Waals surface area contributed by atoms with Crippen molar-refractivity contribution in [3.05, 3.63) is 55.6 Å². The number of halogens is 1. The number of ether oxygens (including phenoxy) is 1. The van der Waals surface area contributed by atoms with Gasteiger partial charge in [-0.3, -0.25) is 14.5 Å². The highest BCUT2D eigenvalue weighted by Gasteiger charge is 2.24. The molecule has 146 valence electrons. The number of nitrogens with one attached hydrogen (secondary N) is 1. The molecule has 1 unspecified atom stereocenters. The zero-order chi connectivity index (χ0) is 19.2. The molecule has 3 rings (SSSR count). The number of benzene rings is 1. The Balaban J connectivity index is 1.63. The van der Waals surface area contributed by atoms with Crippen LogP contribution in [0.1, 0.15) is 23.7 Å². The van der Waals surface area contributed by atoms with Crippen LogP contribution in [0.3, 0.4) is 0 Å². The number of hydrogen-bond acceptors (Lipinski definition) is 5. The van der Waals surface area contributed by atoms with Crippen molar-refractivity contribution in [2.45, 2.75) is 25.9 Å². The maximum Gasteiger partial charge on any atom is 0.307 e. The van der Waals surface area contributed by atoms with E-state index in [0.717, 1.165) is 35.7 Å². The molecule has 1 aliphatic heterocycles. The van der Waals surface area contributed by atoms with Gasteiger partial charge in [-0.05, 0) is 18.6 Å². The molecule has 0 aliphatic carbocycles. The summed E-state index contributed by atoms with van der Waals surface area (Å²) in [6.07, 6.45) is 0.274. The van der Waals surface area contributed by atoms with Gasteiger partial charge in [-0.15, -0.1) is 0 Å². The number of aromatic nitrogens is 1. The topological polar surface area (TPSA) is 63.6 Å². The zero-order valence-corrected chi connectivity index (χ0v) is 16.9. The van der Waals surface area contributed by atoms with E-state index in [1.54, 1.807) is 4.57 Å². The van der Waals surface area contributed by atoms with Gasteiger partial charge in [-0.1, -0.05) is 41.1 Å². The Kier molecular flexibility index (Phi) is 7.07. The molecule has 0 bridgehead atoms. The van der Waals surface area contributed by atoms with Crippen LogP contribution in [-0.4, -0.2) is 48.2 Å². The lowest BCUT2D eigenvalue weighted by Gasteiger charge is -2.35. The molecule has 1 amide bonds. The fourth-order valence-corrected chi connectivity index (χ4v) is 4.28. The van der Waals surface area contributed by atoms with Crippen molar-refractivity contribution in [1.29, 1.82) is 0 Å². The quantitative estimate of drug-likeness (QED) is 0.763. The van der Waals surface area contributed by atoms with Gasteiger partial charge in [-0.25, -0.2) is 0 Å². The Labute approximate surface area is 167 Å². The van der Waals surface area contributed by atoms with Gasteiger partial charge in [0.05, 0.1) is 19.3 Å². The number of rotatable bonds is 7. The van der Waals surface area contributed by atoms with Gasteiger partial charge in [0.25, 0.3) is 0 Å². The molecule has 6 nitrogen and oxygen atoms in total. The molecule has 1 aliphatic rings. The van der Waals surface area contributed by atoms with E-state index in [9.17, 15) is 9.59 Å². The second-order valence-corrected chi connectivity index (χ2v) is 7.76. The smallest absolute Gasteiger partial charge is 0.307 e. The molecule has 8 heteroatoms. The number of nitrogens with zero attached hydrogens (tertiary/aromatic N) is 2. The molecule has 2 heterocycles. The van der Waals surface area contributed by atoms with Gasteiger partial charge in [0.1, 0.15) is 0 Å². The SMILES string of the molecule is Cc1csc(=O)n1CCC(=O)NCC(c1ccccc1Cl)N1CCOCC1. The highest BCUT2D eigenvalue weighted by Crippen LogP contribution is 2.27. The van der Waals surface area contributed by atoms with Crippen molar-refractivity contribution < 1.29 is 9.53 Å². The second-order valence-electron chi connectivity index (χ2n) is 6.53. The number of carbonyl (C=O) groups is 1. The summed E-state index contributed by atoms with van der Waals surface area (Å²) >= 11 is 7.57. The summed E-state index contributed by atoms with van der Waals surface area (Å²) < 4.78 is 7.09. The van der Waals surface area contributed by atoms with E-state index in [1.165, 1.54) is 0 Å².